The molecule has 0 saturated carbocycles. The van der Waals surface area contributed by atoms with E-state index >= 15 is 0 Å². The lowest BCUT2D eigenvalue weighted by Crippen LogP contribution is -2.14. The van der Waals surface area contributed by atoms with Crippen molar-refractivity contribution in [2.24, 2.45) is 11.7 Å². The zero-order chi connectivity index (χ0) is 13.3. The molecule has 1 heterocycles. The second kappa shape index (κ2) is 5.62. The molecule has 0 aliphatic heterocycles. The van der Waals surface area contributed by atoms with Gasteiger partial charge >= 0.3 is 0 Å². The molecular weight excluding hydrogens is 285 g/mol. The van der Waals surface area contributed by atoms with Gasteiger partial charge in [0.2, 0.25) is 0 Å². The Morgan fingerprint density at radius 3 is 2.39 bits per heavy atom. The van der Waals surface area contributed by atoms with Crippen molar-refractivity contribution in [2.75, 3.05) is 0 Å². The molecule has 0 aliphatic carbocycles. The highest BCUT2D eigenvalue weighted by Gasteiger charge is 2.13. The molecule has 0 aliphatic rings. The third kappa shape index (κ3) is 2.89. The molecule has 0 bridgehead atoms. The molecule has 2 aromatic rings. The minimum absolute atomic E-state index is 0.0894. The van der Waals surface area contributed by atoms with Crippen molar-refractivity contribution in [2.45, 2.75) is 19.9 Å². The molecule has 2 N–H and O–H groups in total. The first-order chi connectivity index (χ1) is 8.49. The van der Waals surface area contributed by atoms with Crippen LogP contribution in [0.2, 0.25) is 10.0 Å². The van der Waals surface area contributed by atoms with E-state index in [0.29, 0.717) is 16.0 Å². The highest BCUT2D eigenvalue weighted by Crippen LogP contribution is 2.35. The summed E-state index contributed by atoms with van der Waals surface area (Å²) < 4.78 is 0. The zero-order valence-corrected chi connectivity index (χ0v) is 12.6. The fraction of sp³-hybridized carbons (Fsp3) is 0.286. The van der Waals surface area contributed by atoms with E-state index in [4.69, 9.17) is 28.9 Å². The van der Waals surface area contributed by atoms with Crippen molar-refractivity contribution in [3.05, 3.63) is 45.3 Å². The van der Waals surface area contributed by atoms with Gasteiger partial charge in [0.25, 0.3) is 0 Å². The molecular formula is C14H15Cl2NS. The minimum Gasteiger partial charge on any atom is -0.323 e. The van der Waals surface area contributed by atoms with E-state index in [-0.39, 0.29) is 6.04 Å². The quantitative estimate of drug-likeness (QED) is 0.809. The van der Waals surface area contributed by atoms with Crippen LogP contribution in [-0.2, 0) is 0 Å². The Morgan fingerprint density at radius 1 is 1.06 bits per heavy atom. The van der Waals surface area contributed by atoms with Crippen LogP contribution in [0.25, 0.3) is 10.4 Å². The summed E-state index contributed by atoms with van der Waals surface area (Å²) in [7, 11) is 0. The van der Waals surface area contributed by atoms with Crippen molar-refractivity contribution in [3.63, 3.8) is 0 Å². The van der Waals surface area contributed by atoms with Crippen LogP contribution in [0.3, 0.4) is 0 Å². The highest BCUT2D eigenvalue weighted by atomic mass is 35.5. The van der Waals surface area contributed by atoms with Gasteiger partial charge in [-0.25, -0.2) is 0 Å². The van der Waals surface area contributed by atoms with E-state index < -0.39 is 0 Å². The predicted molar refractivity (Wildman–Crippen MR) is 81.5 cm³/mol. The Kier molecular flexibility index (Phi) is 4.33. The third-order valence-electron chi connectivity index (χ3n) is 2.88. The molecule has 0 radical (unpaired) electrons. The summed E-state index contributed by atoms with van der Waals surface area (Å²) >= 11 is 13.7. The number of thiophene rings is 1. The van der Waals surface area contributed by atoms with E-state index in [1.54, 1.807) is 11.3 Å². The number of rotatable bonds is 3. The largest absolute Gasteiger partial charge is 0.323 e. The summed E-state index contributed by atoms with van der Waals surface area (Å²) in [6.07, 6.45) is 0. The normalized spacial score (nSPS) is 13.0. The first-order valence-corrected chi connectivity index (χ1v) is 7.37. The van der Waals surface area contributed by atoms with Gasteiger partial charge in [-0.3, -0.25) is 0 Å². The third-order valence-corrected chi connectivity index (χ3v) is 4.85. The fourth-order valence-corrected chi connectivity index (χ4v) is 3.14. The molecule has 0 spiro atoms. The fourth-order valence-electron chi connectivity index (χ4n) is 1.67. The Labute approximate surface area is 122 Å². The first kappa shape index (κ1) is 13.9. The van der Waals surface area contributed by atoms with Gasteiger partial charge in [-0.15, -0.1) is 11.3 Å². The summed E-state index contributed by atoms with van der Waals surface area (Å²) in [4.78, 5) is 2.37. The lowest BCUT2D eigenvalue weighted by Gasteiger charge is -2.12. The van der Waals surface area contributed by atoms with Gasteiger partial charge in [0.1, 0.15) is 0 Å². The van der Waals surface area contributed by atoms with E-state index in [1.165, 1.54) is 9.75 Å². The van der Waals surface area contributed by atoms with Crippen molar-refractivity contribution in [1.29, 1.82) is 0 Å². The Bertz CT molecular complexity index is 548. The Morgan fingerprint density at radius 2 is 1.78 bits per heavy atom. The summed E-state index contributed by atoms with van der Waals surface area (Å²) in [5, 5.41) is 1.16. The number of halogens is 2. The van der Waals surface area contributed by atoms with Crippen LogP contribution in [0.1, 0.15) is 24.8 Å². The number of nitrogens with two attached hydrogens (primary N) is 1. The van der Waals surface area contributed by atoms with Gasteiger partial charge in [0.05, 0.1) is 10.0 Å². The van der Waals surface area contributed by atoms with Crippen LogP contribution in [0, 0.1) is 5.92 Å². The standard InChI is InChI=1S/C14H15Cl2NS/c1-8(2)14(17)13-6-5-12(18-13)9-3-4-10(15)11(16)7-9/h3-8,14H,17H2,1-2H3. The Hall–Kier alpha value is -0.540. The summed E-state index contributed by atoms with van der Waals surface area (Å²) in [6.45, 7) is 4.26. The van der Waals surface area contributed by atoms with E-state index in [0.717, 1.165) is 5.56 Å². The molecule has 2 rings (SSSR count). The van der Waals surface area contributed by atoms with Crippen LogP contribution in [0.5, 0.6) is 0 Å². The van der Waals surface area contributed by atoms with Gasteiger partial charge in [0.15, 0.2) is 0 Å². The molecule has 1 atom stereocenters. The highest BCUT2D eigenvalue weighted by molar-refractivity contribution is 7.15. The SMILES string of the molecule is CC(C)C(N)c1ccc(-c2ccc(Cl)c(Cl)c2)s1. The average Bonchev–Trinajstić information content (AvgIpc) is 2.81. The first-order valence-electron chi connectivity index (χ1n) is 5.79. The molecule has 1 nitrogen and oxygen atoms in total. The molecule has 4 heteroatoms. The maximum atomic E-state index is 6.15. The van der Waals surface area contributed by atoms with Crippen LogP contribution < -0.4 is 5.73 Å². The maximum absolute atomic E-state index is 6.15. The number of benzene rings is 1. The molecule has 96 valence electrons. The van der Waals surface area contributed by atoms with Crippen LogP contribution in [0.4, 0.5) is 0 Å². The molecule has 1 aromatic carbocycles. The van der Waals surface area contributed by atoms with E-state index in [1.807, 2.05) is 18.2 Å². The molecule has 0 saturated heterocycles. The van der Waals surface area contributed by atoms with Gasteiger partial charge < -0.3 is 5.73 Å². The molecule has 18 heavy (non-hydrogen) atoms. The molecule has 1 unspecified atom stereocenters. The Balaban J connectivity index is 2.32. The second-order valence-electron chi connectivity index (χ2n) is 4.60. The predicted octanol–water partition coefficient (Wildman–Crippen LogP) is 5.38. The number of hydrogen-bond donors (Lipinski definition) is 1. The van der Waals surface area contributed by atoms with Gasteiger partial charge in [-0.05, 0) is 35.7 Å². The summed E-state index contributed by atoms with van der Waals surface area (Å²) in [5.74, 6) is 0.435. The van der Waals surface area contributed by atoms with E-state index in [9.17, 15) is 0 Å². The van der Waals surface area contributed by atoms with Crippen molar-refractivity contribution in [1.82, 2.24) is 0 Å². The lowest BCUT2D eigenvalue weighted by atomic mass is 10.0. The van der Waals surface area contributed by atoms with Crippen LogP contribution in [0.15, 0.2) is 30.3 Å². The van der Waals surface area contributed by atoms with Crippen molar-refractivity contribution < 1.29 is 0 Å². The van der Waals surface area contributed by atoms with Gasteiger partial charge in [-0.1, -0.05) is 43.1 Å². The number of hydrogen-bond acceptors (Lipinski definition) is 2. The molecule has 0 fully saturated rings. The molecule has 1 aromatic heterocycles. The summed E-state index contributed by atoms with van der Waals surface area (Å²) in [6, 6.07) is 9.95. The maximum Gasteiger partial charge on any atom is 0.0598 e. The minimum atomic E-state index is 0.0894. The summed E-state index contributed by atoms with van der Waals surface area (Å²) in [5.41, 5.74) is 7.23. The monoisotopic (exact) mass is 299 g/mol. The van der Waals surface area contributed by atoms with Crippen LogP contribution >= 0.6 is 34.5 Å². The zero-order valence-electron chi connectivity index (χ0n) is 10.3. The lowest BCUT2D eigenvalue weighted by molar-refractivity contribution is 0.521. The van der Waals surface area contributed by atoms with Gasteiger partial charge in [0, 0.05) is 15.8 Å². The van der Waals surface area contributed by atoms with E-state index in [2.05, 4.69) is 26.0 Å². The van der Waals surface area contributed by atoms with Crippen molar-refractivity contribution >= 4 is 34.5 Å². The topological polar surface area (TPSA) is 26.0 Å². The average molecular weight is 300 g/mol. The molecule has 0 amide bonds. The van der Waals surface area contributed by atoms with Crippen molar-refractivity contribution in [3.8, 4) is 10.4 Å². The van der Waals surface area contributed by atoms with Gasteiger partial charge in [-0.2, -0.15) is 0 Å². The second-order valence-corrected chi connectivity index (χ2v) is 6.53. The van der Waals surface area contributed by atoms with Crippen LogP contribution in [-0.4, -0.2) is 0 Å². The smallest absolute Gasteiger partial charge is 0.0598 e.